The van der Waals surface area contributed by atoms with Crippen molar-refractivity contribution < 1.29 is 13.5 Å². The third kappa shape index (κ3) is 3.47. The van der Waals surface area contributed by atoms with Gasteiger partial charge in [-0.3, -0.25) is 0 Å². The molecule has 0 saturated heterocycles. The maximum absolute atomic E-state index is 12.1. The summed E-state index contributed by atoms with van der Waals surface area (Å²) in [4.78, 5) is 3.99. The van der Waals surface area contributed by atoms with Crippen molar-refractivity contribution in [3.8, 4) is 0 Å². The van der Waals surface area contributed by atoms with E-state index in [1.165, 1.54) is 18.0 Å². The van der Waals surface area contributed by atoms with Crippen LogP contribution in [0.5, 0.6) is 0 Å². The molecule has 0 saturated carbocycles. The second-order valence-corrected chi connectivity index (χ2v) is 6.84. The fourth-order valence-electron chi connectivity index (χ4n) is 1.47. The van der Waals surface area contributed by atoms with Gasteiger partial charge in [0.1, 0.15) is 5.82 Å². The first kappa shape index (κ1) is 15.5. The summed E-state index contributed by atoms with van der Waals surface area (Å²) in [6, 6.07) is -0.364. The maximum atomic E-state index is 12.1. The highest BCUT2D eigenvalue weighted by Gasteiger charge is 2.24. The Hall–Kier alpha value is -0.570. The maximum Gasteiger partial charge on any atom is 0.259 e. The number of nitrogens with one attached hydrogen (secondary N) is 1. The molecule has 0 aliphatic rings. The Kier molecular flexibility index (Phi) is 5.20. The predicted molar refractivity (Wildman–Crippen MR) is 72.1 cm³/mol. The second-order valence-electron chi connectivity index (χ2n) is 4.10. The minimum Gasteiger partial charge on any atom is -0.395 e. The molecule has 1 aromatic heterocycles. The summed E-state index contributed by atoms with van der Waals surface area (Å²) in [6.07, 6.45) is 3.30. The van der Waals surface area contributed by atoms with Crippen LogP contribution in [0.2, 0.25) is 0 Å². The third-order valence-electron chi connectivity index (χ3n) is 2.74. The minimum atomic E-state index is -3.63. The van der Waals surface area contributed by atoms with Gasteiger partial charge in [0, 0.05) is 24.5 Å². The van der Waals surface area contributed by atoms with Crippen molar-refractivity contribution in [2.75, 3.05) is 12.9 Å². The summed E-state index contributed by atoms with van der Waals surface area (Å²) in [5, 5.41) is 8.97. The Bertz CT molecular complexity index is 475. The predicted octanol–water partition coefficient (Wildman–Crippen LogP) is 0.119. The van der Waals surface area contributed by atoms with Gasteiger partial charge in [0.15, 0.2) is 5.03 Å². The van der Waals surface area contributed by atoms with Gasteiger partial charge in [-0.15, -0.1) is 0 Å². The first-order chi connectivity index (χ1) is 8.31. The van der Waals surface area contributed by atoms with Crippen molar-refractivity contribution in [3.63, 3.8) is 0 Å². The minimum absolute atomic E-state index is 0.00661. The lowest BCUT2D eigenvalue weighted by atomic mass is 10.3. The van der Waals surface area contributed by atoms with Gasteiger partial charge < -0.3 is 9.67 Å². The van der Waals surface area contributed by atoms with Gasteiger partial charge in [0.2, 0.25) is 0 Å². The zero-order valence-corrected chi connectivity index (χ0v) is 12.5. The number of hydrogen-bond acceptors (Lipinski definition) is 5. The van der Waals surface area contributed by atoms with Crippen molar-refractivity contribution in [2.24, 2.45) is 7.05 Å². The molecule has 0 aromatic carbocycles. The van der Waals surface area contributed by atoms with E-state index in [2.05, 4.69) is 9.71 Å². The number of aryl methyl sites for hydroxylation is 2. The van der Waals surface area contributed by atoms with Crippen LogP contribution in [-0.4, -0.2) is 47.2 Å². The number of hydrogen-bond donors (Lipinski definition) is 2. The number of sulfonamides is 1. The fourth-order valence-corrected chi connectivity index (χ4v) is 3.51. The molecular weight excluding hydrogens is 274 g/mol. The molecule has 104 valence electrons. The molecule has 0 aliphatic carbocycles. The Morgan fingerprint density at radius 3 is 2.61 bits per heavy atom. The van der Waals surface area contributed by atoms with E-state index in [0.717, 1.165) is 0 Å². The Morgan fingerprint density at radius 2 is 2.22 bits per heavy atom. The van der Waals surface area contributed by atoms with E-state index in [9.17, 15) is 8.42 Å². The molecule has 1 heterocycles. The fraction of sp³-hybridized carbons (Fsp3) is 0.700. The third-order valence-corrected chi connectivity index (χ3v) is 5.34. The van der Waals surface area contributed by atoms with Crippen molar-refractivity contribution in [1.82, 2.24) is 14.3 Å². The second kappa shape index (κ2) is 6.05. The van der Waals surface area contributed by atoms with Crippen LogP contribution in [0.15, 0.2) is 11.2 Å². The molecule has 2 atom stereocenters. The highest BCUT2D eigenvalue weighted by atomic mass is 32.2. The number of aliphatic hydroxyl groups is 1. The van der Waals surface area contributed by atoms with Crippen LogP contribution in [0.1, 0.15) is 12.7 Å². The summed E-state index contributed by atoms with van der Waals surface area (Å²) in [6.45, 7) is 3.39. The van der Waals surface area contributed by atoms with Crippen LogP contribution < -0.4 is 4.72 Å². The van der Waals surface area contributed by atoms with Crippen LogP contribution in [0, 0.1) is 6.92 Å². The first-order valence-corrected chi connectivity index (χ1v) is 8.25. The van der Waals surface area contributed by atoms with E-state index in [0.29, 0.717) is 5.82 Å². The first-order valence-electron chi connectivity index (χ1n) is 5.47. The molecule has 2 N–H and O–H groups in total. The molecule has 2 unspecified atom stereocenters. The Labute approximate surface area is 112 Å². The van der Waals surface area contributed by atoms with E-state index in [1.807, 2.05) is 6.26 Å². The van der Waals surface area contributed by atoms with Crippen molar-refractivity contribution >= 4 is 21.8 Å². The van der Waals surface area contributed by atoms with Crippen LogP contribution in [0.25, 0.3) is 0 Å². The largest absolute Gasteiger partial charge is 0.395 e. The summed E-state index contributed by atoms with van der Waals surface area (Å²) >= 11 is 1.42. The number of rotatable bonds is 6. The molecule has 0 amide bonds. The summed E-state index contributed by atoms with van der Waals surface area (Å²) in [5.74, 6) is 0.631. The van der Waals surface area contributed by atoms with Gasteiger partial charge in [0.05, 0.1) is 6.61 Å². The molecule has 0 radical (unpaired) electrons. The quantitative estimate of drug-likeness (QED) is 0.778. The molecular formula is C10H19N3O3S2. The highest BCUT2D eigenvalue weighted by Crippen LogP contribution is 2.14. The number of imidazole rings is 1. The van der Waals surface area contributed by atoms with E-state index in [1.54, 1.807) is 25.5 Å². The molecule has 6 nitrogen and oxygen atoms in total. The molecule has 1 aromatic rings. The number of aromatic nitrogens is 2. The average molecular weight is 293 g/mol. The lowest BCUT2D eigenvalue weighted by Gasteiger charge is -2.20. The summed E-state index contributed by atoms with van der Waals surface area (Å²) < 4.78 is 28.3. The van der Waals surface area contributed by atoms with Crippen LogP contribution in [0.3, 0.4) is 0 Å². The van der Waals surface area contributed by atoms with Gasteiger partial charge >= 0.3 is 0 Å². The van der Waals surface area contributed by atoms with Gasteiger partial charge in [-0.2, -0.15) is 11.8 Å². The lowest BCUT2D eigenvalue weighted by molar-refractivity contribution is 0.282. The lowest BCUT2D eigenvalue weighted by Crippen LogP contribution is -2.41. The van der Waals surface area contributed by atoms with E-state index < -0.39 is 10.0 Å². The van der Waals surface area contributed by atoms with Gasteiger partial charge in [-0.25, -0.2) is 18.1 Å². The van der Waals surface area contributed by atoms with Gasteiger partial charge in [-0.05, 0) is 20.1 Å². The molecule has 0 fully saturated rings. The van der Waals surface area contributed by atoms with E-state index >= 15 is 0 Å². The molecule has 18 heavy (non-hydrogen) atoms. The molecule has 8 heteroatoms. The number of thioether (sulfide) groups is 1. The molecule has 0 bridgehead atoms. The zero-order valence-electron chi connectivity index (χ0n) is 10.9. The van der Waals surface area contributed by atoms with Crippen LogP contribution >= 0.6 is 11.8 Å². The smallest absolute Gasteiger partial charge is 0.259 e. The Balaban J connectivity index is 2.88. The van der Waals surface area contributed by atoms with Crippen molar-refractivity contribution in [2.45, 2.75) is 30.2 Å². The molecule has 1 rings (SSSR count). The summed E-state index contributed by atoms with van der Waals surface area (Å²) in [5.41, 5.74) is 0. The zero-order chi connectivity index (χ0) is 13.9. The van der Waals surface area contributed by atoms with E-state index in [4.69, 9.17) is 5.11 Å². The Morgan fingerprint density at radius 1 is 1.61 bits per heavy atom. The van der Waals surface area contributed by atoms with Crippen LogP contribution in [0.4, 0.5) is 0 Å². The summed E-state index contributed by atoms with van der Waals surface area (Å²) in [7, 11) is -1.89. The monoisotopic (exact) mass is 293 g/mol. The standard InChI is InChI=1S/C10H19N3O3S2/c1-7(9(6-14)17-4)12-18(15,16)10-5-13(3)8(2)11-10/h5,7,9,12,14H,6H2,1-4H3. The topological polar surface area (TPSA) is 84.2 Å². The number of nitrogens with zero attached hydrogens (tertiary/aromatic N) is 2. The van der Waals surface area contributed by atoms with Crippen molar-refractivity contribution in [3.05, 3.63) is 12.0 Å². The van der Waals surface area contributed by atoms with Crippen LogP contribution in [-0.2, 0) is 17.1 Å². The van der Waals surface area contributed by atoms with Crippen molar-refractivity contribution in [1.29, 1.82) is 0 Å². The molecule has 0 aliphatic heterocycles. The van der Waals surface area contributed by atoms with E-state index in [-0.39, 0.29) is 22.9 Å². The SMILES string of the molecule is CSC(CO)C(C)NS(=O)(=O)c1cn(C)c(C)n1. The highest BCUT2D eigenvalue weighted by molar-refractivity contribution is 7.99. The average Bonchev–Trinajstić information content (AvgIpc) is 2.61. The van der Waals surface area contributed by atoms with Gasteiger partial charge in [-0.1, -0.05) is 0 Å². The number of aliphatic hydroxyl groups excluding tert-OH is 1. The molecule has 0 spiro atoms. The van der Waals surface area contributed by atoms with Gasteiger partial charge in [0.25, 0.3) is 10.0 Å². The normalized spacial score (nSPS) is 15.6.